The minimum absolute atomic E-state index is 0.00631. The van der Waals surface area contributed by atoms with Crippen molar-refractivity contribution in [2.75, 3.05) is 13.1 Å². The van der Waals surface area contributed by atoms with Crippen LogP contribution in [0.25, 0.3) is 16.6 Å². The van der Waals surface area contributed by atoms with Crippen molar-refractivity contribution >= 4 is 22.5 Å². The molecule has 25 heavy (non-hydrogen) atoms. The lowest BCUT2D eigenvalue weighted by atomic mass is 10.1. The number of fused-ring (bicyclic) bond motifs is 3. The molecule has 2 aromatic heterocycles. The monoisotopic (exact) mass is 338 g/mol. The zero-order valence-corrected chi connectivity index (χ0v) is 14.9. The molecule has 6 heteroatoms. The lowest BCUT2D eigenvalue weighted by Gasteiger charge is -2.14. The van der Waals surface area contributed by atoms with Gasteiger partial charge in [-0.2, -0.15) is 0 Å². The summed E-state index contributed by atoms with van der Waals surface area (Å²) in [4.78, 5) is 27.2. The average molecular weight is 338 g/mol. The van der Waals surface area contributed by atoms with Crippen LogP contribution in [0.15, 0.2) is 23.0 Å². The van der Waals surface area contributed by atoms with Gasteiger partial charge in [0, 0.05) is 13.1 Å². The van der Waals surface area contributed by atoms with Crippen LogP contribution >= 0.6 is 0 Å². The molecule has 6 nitrogen and oxygen atoms in total. The van der Waals surface area contributed by atoms with Gasteiger partial charge in [0.2, 0.25) is 5.91 Å². The molecule has 1 aliphatic rings. The van der Waals surface area contributed by atoms with Gasteiger partial charge in [-0.25, -0.2) is 13.9 Å². The quantitative estimate of drug-likeness (QED) is 0.720. The van der Waals surface area contributed by atoms with Gasteiger partial charge in [0.05, 0.1) is 5.52 Å². The number of aryl methyl sites for hydroxylation is 3. The molecule has 0 bridgehead atoms. The number of carbonyl (C=O) groups excluding carboxylic acids is 1. The highest BCUT2D eigenvalue weighted by Gasteiger charge is 2.21. The van der Waals surface area contributed by atoms with Crippen molar-refractivity contribution in [2.24, 2.45) is 0 Å². The second-order valence-electron chi connectivity index (χ2n) is 7.03. The molecule has 4 rings (SSSR count). The molecule has 0 aliphatic carbocycles. The predicted octanol–water partition coefficient (Wildman–Crippen LogP) is 2.20. The second-order valence-corrected chi connectivity index (χ2v) is 7.03. The number of likely N-dealkylation sites (tertiary alicyclic amines) is 1. The Kier molecular flexibility index (Phi) is 3.63. The van der Waals surface area contributed by atoms with E-state index in [-0.39, 0.29) is 18.1 Å². The van der Waals surface area contributed by atoms with E-state index < -0.39 is 0 Å². The Morgan fingerprint density at radius 2 is 1.80 bits per heavy atom. The van der Waals surface area contributed by atoms with Crippen LogP contribution in [-0.4, -0.2) is 38.1 Å². The smallest absolute Gasteiger partial charge is 0.341 e. The van der Waals surface area contributed by atoms with Gasteiger partial charge in [0.1, 0.15) is 6.54 Å². The molecule has 1 aliphatic heterocycles. The molecule has 130 valence electrons. The Morgan fingerprint density at radius 3 is 2.52 bits per heavy atom. The number of carbonyl (C=O) groups is 1. The van der Waals surface area contributed by atoms with Crippen molar-refractivity contribution in [1.82, 2.24) is 19.1 Å². The third-order valence-electron chi connectivity index (χ3n) is 5.01. The summed E-state index contributed by atoms with van der Waals surface area (Å²) in [5.41, 5.74) is 4.38. The predicted molar refractivity (Wildman–Crippen MR) is 97.0 cm³/mol. The lowest BCUT2D eigenvalue weighted by Crippen LogP contribution is -2.34. The summed E-state index contributed by atoms with van der Waals surface area (Å²) >= 11 is 0. The highest BCUT2D eigenvalue weighted by Crippen LogP contribution is 2.23. The first-order valence-corrected chi connectivity index (χ1v) is 8.73. The minimum atomic E-state index is -0.247. The van der Waals surface area contributed by atoms with Crippen molar-refractivity contribution in [3.8, 4) is 0 Å². The van der Waals surface area contributed by atoms with Crippen LogP contribution in [-0.2, 0) is 11.3 Å². The first-order chi connectivity index (χ1) is 12.0. The van der Waals surface area contributed by atoms with Crippen molar-refractivity contribution in [3.05, 3.63) is 45.4 Å². The summed E-state index contributed by atoms with van der Waals surface area (Å²) in [6, 6.07) is 6.20. The van der Waals surface area contributed by atoms with Gasteiger partial charge in [-0.05, 0) is 62.3 Å². The van der Waals surface area contributed by atoms with Crippen LogP contribution in [0, 0.1) is 20.8 Å². The van der Waals surface area contributed by atoms with Crippen molar-refractivity contribution in [3.63, 3.8) is 0 Å². The maximum Gasteiger partial charge on any atom is 0.351 e. The van der Waals surface area contributed by atoms with E-state index in [0.717, 1.165) is 53.5 Å². The lowest BCUT2D eigenvalue weighted by molar-refractivity contribution is -0.131. The van der Waals surface area contributed by atoms with Crippen LogP contribution in [0.5, 0.6) is 0 Å². The van der Waals surface area contributed by atoms with E-state index in [0.29, 0.717) is 5.65 Å². The SMILES string of the molecule is Cc1cc(C)c2c(c1)cc(C)c1nn(CC(=O)N3CCCC3)c(=O)n12. The van der Waals surface area contributed by atoms with Crippen LogP contribution in [0.3, 0.4) is 0 Å². The molecule has 1 amide bonds. The van der Waals surface area contributed by atoms with E-state index in [9.17, 15) is 9.59 Å². The topological polar surface area (TPSA) is 59.6 Å². The third kappa shape index (κ3) is 2.52. The highest BCUT2D eigenvalue weighted by atomic mass is 16.2. The summed E-state index contributed by atoms with van der Waals surface area (Å²) in [7, 11) is 0. The second kappa shape index (κ2) is 5.72. The molecule has 1 saturated heterocycles. The fourth-order valence-electron chi connectivity index (χ4n) is 3.87. The van der Waals surface area contributed by atoms with E-state index in [1.165, 1.54) is 4.68 Å². The van der Waals surface area contributed by atoms with Crippen LogP contribution in [0.4, 0.5) is 0 Å². The Labute approximate surface area is 145 Å². The maximum absolute atomic E-state index is 13.0. The van der Waals surface area contributed by atoms with Gasteiger partial charge in [-0.15, -0.1) is 5.10 Å². The van der Waals surface area contributed by atoms with Gasteiger partial charge in [0.25, 0.3) is 0 Å². The van der Waals surface area contributed by atoms with Crippen molar-refractivity contribution in [2.45, 2.75) is 40.2 Å². The van der Waals surface area contributed by atoms with Crippen LogP contribution in [0.1, 0.15) is 29.5 Å². The number of hydrogen-bond donors (Lipinski definition) is 0. The Balaban J connectivity index is 1.89. The van der Waals surface area contributed by atoms with E-state index in [1.54, 1.807) is 4.40 Å². The summed E-state index contributed by atoms with van der Waals surface area (Å²) in [6.45, 7) is 7.57. The summed E-state index contributed by atoms with van der Waals surface area (Å²) in [5, 5.41) is 5.48. The number of hydrogen-bond acceptors (Lipinski definition) is 3. The number of rotatable bonds is 2. The zero-order valence-electron chi connectivity index (χ0n) is 14.9. The number of benzene rings is 1. The standard InChI is InChI=1S/C19H22N4O2/c1-12-8-13(2)17-15(9-12)10-14(3)18-20-22(19(25)23(17)18)11-16(24)21-6-4-5-7-21/h8-10H,4-7,11H2,1-3H3. The van der Waals surface area contributed by atoms with Gasteiger partial charge < -0.3 is 4.90 Å². The number of amides is 1. The molecular weight excluding hydrogens is 316 g/mol. The van der Waals surface area contributed by atoms with Crippen molar-refractivity contribution in [1.29, 1.82) is 0 Å². The Hall–Kier alpha value is -2.63. The molecule has 0 saturated carbocycles. The number of pyridine rings is 1. The first kappa shape index (κ1) is 15.9. The molecule has 0 N–H and O–H groups in total. The number of nitrogens with zero attached hydrogens (tertiary/aromatic N) is 4. The Morgan fingerprint density at radius 1 is 1.08 bits per heavy atom. The fourth-order valence-corrected chi connectivity index (χ4v) is 3.87. The molecule has 0 radical (unpaired) electrons. The van der Waals surface area contributed by atoms with Gasteiger partial charge in [-0.1, -0.05) is 11.6 Å². The molecule has 1 fully saturated rings. The van der Waals surface area contributed by atoms with E-state index in [2.05, 4.69) is 23.3 Å². The zero-order chi connectivity index (χ0) is 17.7. The minimum Gasteiger partial charge on any atom is -0.341 e. The summed E-state index contributed by atoms with van der Waals surface area (Å²) in [6.07, 6.45) is 2.07. The first-order valence-electron chi connectivity index (χ1n) is 8.73. The molecular formula is C19H22N4O2. The number of aromatic nitrogens is 3. The maximum atomic E-state index is 13.0. The fraction of sp³-hybridized carbons (Fsp3) is 0.421. The highest BCUT2D eigenvalue weighted by molar-refractivity contribution is 5.86. The normalized spacial score (nSPS) is 14.8. The van der Waals surface area contributed by atoms with E-state index >= 15 is 0 Å². The molecule has 0 unspecified atom stereocenters. The third-order valence-corrected chi connectivity index (χ3v) is 5.01. The van der Waals surface area contributed by atoms with Gasteiger partial charge in [0.15, 0.2) is 5.65 Å². The van der Waals surface area contributed by atoms with Crippen LogP contribution < -0.4 is 5.69 Å². The molecule has 3 heterocycles. The molecule has 1 aromatic carbocycles. The Bertz CT molecular complexity index is 1050. The molecule has 3 aromatic rings. The van der Waals surface area contributed by atoms with Gasteiger partial charge >= 0.3 is 5.69 Å². The summed E-state index contributed by atoms with van der Waals surface area (Å²) in [5.74, 6) is -0.0301. The summed E-state index contributed by atoms with van der Waals surface area (Å²) < 4.78 is 2.96. The molecule has 0 spiro atoms. The largest absolute Gasteiger partial charge is 0.351 e. The van der Waals surface area contributed by atoms with Gasteiger partial charge in [-0.3, -0.25) is 4.79 Å². The average Bonchev–Trinajstić information content (AvgIpc) is 3.17. The van der Waals surface area contributed by atoms with E-state index in [4.69, 9.17) is 0 Å². The molecule has 0 atom stereocenters. The van der Waals surface area contributed by atoms with E-state index in [1.807, 2.05) is 25.7 Å². The van der Waals surface area contributed by atoms with Crippen LogP contribution in [0.2, 0.25) is 0 Å². The van der Waals surface area contributed by atoms with Crippen molar-refractivity contribution < 1.29 is 4.79 Å².